The van der Waals surface area contributed by atoms with Gasteiger partial charge in [-0.2, -0.15) is 9.97 Å². The van der Waals surface area contributed by atoms with E-state index in [0.717, 1.165) is 0 Å². The number of halogens is 1. The summed E-state index contributed by atoms with van der Waals surface area (Å²) < 4.78 is 48.0. The zero-order valence-electron chi connectivity index (χ0n) is 17.2. The van der Waals surface area contributed by atoms with Crippen molar-refractivity contribution in [3.05, 3.63) is 59.1 Å². The van der Waals surface area contributed by atoms with E-state index >= 15 is 0 Å². The lowest BCUT2D eigenvalue weighted by molar-refractivity contribution is 0.0979. The lowest BCUT2D eigenvalue weighted by Gasteiger charge is -2.13. The van der Waals surface area contributed by atoms with Gasteiger partial charge in [0.15, 0.2) is 0 Å². The van der Waals surface area contributed by atoms with Gasteiger partial charge in [-0.3, -0.25) is 4.79 Å². The van der Waals surface area contributed by atoms with Crippen molar-refractivity contribution in [2.24, 2.45) is 0 Å². The molecular formula is C20H18ClN3O7S. The summed E-state index contributed by atoms with van der Waals surface area (Å²) in [5, 5.41) is -0.0419. The Bertz CT molecular complexity index is 1210. The van der Waals surface area contributed by atoms with Crippen LogP contribution in [0.1, 0.15) is 10.4 Å². The highest BCUT2D eigenvalue weighted by atomic mass is 35.5. The van der Waals surface area contributed by atoms with Crippen molar-refractivity contribution >= 4 is 27.5 Å². The number of ether oxygens (including phenoxy) is 4. The number of nitrogens with zero attached hydrogens (tertiary/aromatic N) is 2. The maximum absolute atomic E-state index is 12.9. The molecule has 1 amide bonds. The Kier molecular flexibility index (Phi) is 7.01. The second-order valence-corrected chi connectivity index (χ2v) is 8.15. The molecule has 1 N–H and O–H groups in total. The van der Waals surface area contributed by atoms with Gasteiger partial charge in [-0.25, -0.2) is 13.1 Å². The largest absolute Gasteiger partial charge is 0.497 e. The van der Waals surface area contributed by atoms with Crippen LogP contribution in [0.15, 0.2) is 53.4 Å². The average molecular weight is 480 g/mol. The number of amides is 1. The summed E-state index contributed by atoms with van der Waals surface area (Å²) in [6.45, 7) is 0. The first-order valence-electron chi connectivity index (χ1n) is 8.92. The highest BCUT2D eigenvalue weighted by molar-refractivity contribution is 7.90. The van der Waals surface area contributed by atoms with Crippen LogP contribution in [0, 0.1) is 0 Å². The number of carbonyl (C=O) groups is 1. The molecule has 0 spiro atoms. The zero-order chi connectivity index (χ0) is 23.3. The van der Waals surface area contributed by atoms with Gasteiger partial charge in [-0.15, -0.1) is 0 Å². The molecule has 0 saturated heterocycles. The molecule has 32 heavy (non-hydrogen) atoms. The van der Waals surface area contributed by atoms with Gasteiger partial charge in [-0.1, -0.05) is 17.7 Å². The van der Waals surface area contributed by atoms with E-state index in [2.05, 4.69) is 9.97 Å². The van der Waals surface area contributed by atoms with E-state index in [9.17, 15) is 13.2 Å². The Morgan fingerprint density at radius 1 is 0.938 bits per heavy atom. The molecule has 0 aliphatic rings. The minimum Gasteiger partial charge on any atom is -0.497 e. The third-order valence-corrected chi connectivity index (χ3v) is 5.74. The number of carbonyl (C=O) groups excluding carboxylic acids is 1. The topological polar surface area (TPSA) is 126 Å². The van der Waals surface area contributed by atoms with Gasteiger partial charge in [0.25, 0.3) is 15.9 Å². The normalized spacial score (nSPS) is 10.9. The molecular weight excluding hydrogens is 462 g/mol. The molecule has 2 aromatic carbocycles. The summed E-state index contributed by atoms with van der Waals surface area (Å²) in [4.78, 5) is 20.8. The van der Waals surface area contributed by atoms with Gasteiger partial charge in [0.2, 0.25) is 11.8 Å². The fraction of sp³-hybridized carbons (Fsp3) is 0.150. The van der Waals surface area contributed by atoms with E-state index in [-0.39, 0.29) is 39.0 Å². The second-order valence-electron chi connectivity index (χ2n) is 6.06. The highest BCUT2D eigenvalue weighted by Gasteiger charge is 2.24. The zero-order valence-corrected chi connectivity index (χ0v) is 18.7. The Balaban J connectivity index is 1.92. The van der Waals surface area contributed by atoms with E-state index in [1.165, 1.54) is 69.9 Å². The highest BCUT2D eigenvalue weighted by Crippen LogP contribution is 2.31. The minimum absolute atomic E-state index is 0.0419. The smallest absolute Gasteiger partial charge is 0.328 e. The summed E-state index contributed by atoms with van der Waals surface area (Å²) in [7, 11) is 0.0427. The predicted molar refractivity (Wildman–Crippen MR) is 114 cm³/mol. The predicted octanol–water partition coefficient (Wildman–Crippen LogP) is 3.07. The van der Waals surface area contributed by atoms with Crippen molar-refractivity contribution in [3.8, 4) is 29.3 Å². The van der Waals surface area contributed by atoms with Gasteiger partial charge >= 0.3 is 6.01 Å². The molecule has 1 aromatic heterocycles. The summed E-state index contributed by atoms with van der Waals surface area (Å²) in [6, 6.07) is 11.1. The molecule has 0 saturated carbocycles. The van der Waals surface area contributed by atoms with Crippen molar-refractivity contribution in [3.63, 3.8) is 0 Å². The maximum Gasteiger partial charge on any atom is 0.328 e. The van der Waals surface area contributed by atoms with Crippen molar-refractivity contribution in [1.82, 2.24) is 14.7 Å². The number of aromatic nitrogens is 2. The van der Waals surface area contributed by atoms with Crippen molar-refractivity contribution in [2.45, 2.75) is 4.90 Å². The summed E-state index contributed by atoms with van der Waals surface area (Å²) in [5.74, 6) is -0.304. The van der Waals surface area contributed by atoms with Crippen LogP contribution in [0.25, 0.3) is 0 Å². The number of nitrogens with one attached hydrogen (secondary N) is 1. The van der Waals surface area contributed by atoms with Crippen molar-refractivity contribution in [1.29, 1.82) is 0 Å². The van der Waals surface area contributed by atoms with Crippen LogP contribution >= 0.6 is 11.6 Å². The monoisotopic (exact) mass is 479 g/mol. The lowest BCUT2D eigenvalue weighted by Crippen LogP contribution is -2.31. The molecule has 10 nitrogen and oxygen atoms in total. The van der Waals surface area contributed by atoms with Gasteiger partial charge in [0, 0.05) is 0 Å². The van der Waals surface area contributed by atoms with E-state index in [4.69, 9.17) is 30.5 Å². The Morgan fingerprint density at radius 2 is 1.56 bits per heavy atom. The van der Waals surface area contributed by atoms with Crippen LogP contribution in [0.2, 0.25) is 5.02 Å². The van der Waals surface area contributed by atoms with E-state index < -0.39 is 15.9 Å². The molecule has 1 heterocycles. The fourth-order valence-corrected chi connectivity index (χ4v) is 3.74. The first-order valence-corrected chi connectivity index (χ1v) is 10.8. The van der Waals surface area contributed by atoms with Crippen LogP contribution in [-0.2, 0) is 10.0 Å². The Labute approximate surface area is 189 Å². The van der Waals surface area contributed by atoms with Crippen molar-refractivity contribution < 1.29 is 32.2 Å². The maximum atomic E-state index is 12.9. The third kappa shape index (κ3) is 5.18. The molecule has 3 aromatic rings. The van der Waals surface area contributed by atoms with Crippen LogP contribution in [0.3, 0.4) is 0 Å². The quantitative estimate of drug-likeness (QED) is 0.518. The van der Waals surface area contributed by atoms with Crippen LogP contribution < -0.4 is 23.7 Å². The Morgan fingerprint density at radius 3 is 2.12 bits per heavy atom. The van der Waals surface area contributed by atoms with Crippen LogP contribution in [-0.4, -0.2) is 45.6 Å². The molecule has 0 fully saturated rings. The first kappa shape index (κ1) is 23.1. The SMILES string of the molecule is COc1ccc(S(=O)(=O)NC(=O)c2c(Cl)cccc2Oc2nc(OC)cc(OC)n2)cc1. The number of methoxy groups -OCH3 is 3. The third-order valence-electron chi connectivity index (χ3n) is 4.08. The molecule has 0 unspecified atom stereocenters. The first-order chi connectivity index (χ1) is 15.3. The number of benzene rings is 2. The number of hydrogen-bond acceptors (Lipinski definition) is 9. The number of hydrogen-bond donors (Lipinski definition) is 1. The average Bonchev–Trinajstić information content (AvgIpc) is 2.78. The Hall–Kier alpha value is -3.57. The standard InChI is InChI=1S/C20H18ClN3O7S/c1-28-12-7-9-13(10-8-12)32(26,27)24-19(25)18-14(21)5-4-6-15(18)31-20-22-16(29-2)11-17(23-20)30-3/h4-11H,1-3H3,(H,24,25). The fourth-order valence-electron chi connectivity index (χ4n) is 2.53. The van der Waals surface area contributed by atoms with Gasteiger partial charge in [-0.05, 0) is 36.4 Å². The van der Waals surface area contributed by atoms with Crippen LogP contribution in [0.4, 0.5) is 0 Å². The van der Waals surface area contributed by atoms with E-state index in [1.807, 2.05) is 4.72 Å². The molecule has 0 bridgehead atoms. The lowest BCUT2D eigenvalue weighted by atomic mass is 10.2. The molecule has 168 valence electrons. The second kappa shape index (κ2) is 9.71. The van der Waals surface area contributed by atoms with Crippen molar-refractivity contribution in [2.75, 3.05) is 21.3 Å². The number of rotatable bonds is 8. The molecule has 0 aliphatic carbocycles. The molecule has 0 aliphatic heterocycles. The molecule has 12 heteroatoms. The molecule has 0 atom stereocenters. The van der Waals surface area contributed by atoms with Gasteiger partial charge in [0.1, 0.15) is 17.1 Å². The molecule has 3 rings (SSSR count). The van der Waals surface area contributed by atoms with E-state index in [1.54, 1.807) is 0 Å². The molecule has 0 radical (unpaired) electrons. The minimum atomic E-state index is -4.20. The van der Waals surface area contributed by atoms with Crippen LogP contribution in [0.5, 0.6) is 29.3 Å². The number of sulfonamides is 1. The van der Waals surface area contributed by atoms with E-state index in [0.29, 0.717) is 5.75 Å². The summed E-state index contributed by atoms with van der Waals surface area (Å²) >= 11 is 6.18. The van der Waals surface area contributed by atoms with Gasteiger partial charge in [0.05, 0.1) is 37.3 Å². The summed E-state index contributed by atoms with van der Waals surface area (Å²) in [6.07, 6.45) is 0. The van der Waals surface area contributed by atoms with Gasteiger partial charge < -0.3 is 18.9 Å². The summed E-state index contributed by atoms with van der Waals surface area (Å²) in [5.41, 5.74) is -0.225.